The van der Waals surface area contributed by atoms with Crippen LogP contribution in [0.2, 0.25) is 0 Å². The fourth-order valence-electron chi connectivity index (χ4n) is 3.43. The summed E-state index contributed by atoms with van der Waals surface area (Å²) in [5.41, 5.74) is 6.37. The molecule has 0 radical (unpaired) electrons. The molecular weight excluding hydrogens is 224 g/mol. The van der Waals surface area contributed by atoms with Gasteiger partial charge in [0.15, 0.2) is 0 Å². The molecule has 3 nitrogen and oxygen atoms in total. The number of hydrogen-bond acceptors (Lipinski definition) is 3. The number of likely N-dealkylation sites (tertiary alicyclic amines) is 1. The Bertz CT molecular complexity index is 229. The van der Waals surface area contributed by atoms with Gasteiger partial charge in [-0.2, -0.15) is 0 Å². The number of rotatable bonds is 6. The van der Waals surface area contributed by atoms with E-state index in [1.54, 1.807) is 0 Å². The smallest absolute Gasteiger partial charge is 0.0702 e. The first-order valence-corrected chi connectivity index (χ1v) is 7.89. The van der Waals surface area contributed by atoms with Gasteiger partial charge in [-0.05, 0) is 44.6 Å². The van der Waals surface area contributed by atoms with E-state index < -0.39 is 0 Å². The highest BCUT2D eigenvalue weighted by molar-refractivity contribution is 4.83. The molecule has 0 aromatic rings. The Hall–Kier alpha value is -0.120. The zero-order valence-electron chi connectivity index (χ0n) is 11.9. The van der Waals surface area contributed by atoms with Crippen LogP contribution < -0.4 is 5.73 Å². The molecule has 2 atom stereocenters. The molecule has 2 aliphatic rings. The van der Waals surface area contributed by atoms with Crippen LogP contribution in [0.4, 0.5) is 0 Å². The van der Waals surface area contributed by atoms with Gasteiger partial charge in [-0.15, -0.1) is 0 Å². The minimum absolute atomic E-state index is 0.387. The van der Waals surface area contributed by atoms with E-state index in [0.29, 0.717) is 12.1 Å². The molecule has 1 heterocycles. The third kappa shape index (κ3) is 4.22. The second kappa shape index (κ2) is 7.46. The molecule has 0 aromatic heterocycles. The summed E-state index contributed by atoms with van der Waals surface area (Å²) >= 11 is 0. The summed E-state index contributed by atoms with van der Waals surface area (Å²) in [5, 5.41) is 0. The summed E-state index contributed by atoms with van der Waals surface area (Å²) < 4.78 is 5.89. The normalized spacial score (nSPS) is 28.7. The van der Waals surface area contributed by atoms with Crippen molar-refractivity contribution in [3.63, 3.8) is 0 Å². The highest BCUT2D eigenvalue weighted by atomic mass is 16.5. The maximum atomic E-state index is 6.37. The van der Waals surface area contributed by atoms with E-state index >= 15 is 0 Å². The first-order valence-electron chi connectivity index (χ1n) is 7.89. The van der Waals surface area contributed by atoms with E-state index in [2.05, 4.69) is 11.8 Å². The van der Waals surface area contributed by atoms with Gasteiger partial charge in [0.25, 0.3) is 0 Å². The zero-order chi connectivity index (χ0) is 12.8. The number of nitrogens with zero attached hydrogens (tertiary/aromatic N) is 1. The van der Waals surface area contributed by atoms with Crippen LogP contribution in [0.3, 0.4) is 0 Å². The monoisotopic (exact) mass is 254 g/mol. The zero-order valence-corrected chi connectivity index (χ0v) is 11.9. The van der Waals surface area contributed by atoms with Crippen molar-refractivity contribution in [1.29, 1.82) is 0 Å². The van der Waals surface area contributed by atoms with Crippen molar-refractivity contribution in [2.24, 2.45) is 11.7 Å². The highest BCUT2D eigenvalue weighted by Gasteiger charge is 2.26. The average molecular weight is 254 g/mol. The van der Waals surface area contributed by atoms with E-state index in [9.17, 15) is 0 Å². The molecule has 0 amide bonds. The lowest BCUT2D eigenvalue weighted by Gasteiger charge is -2.35. The van der Waals surface area contributed by atoms with E-state index in [0.717, 1.165) is 32.0 Å². The van der Waals surface area contributed by atoms with Crippen LogP contribution in [0.25, 0.3) is 0 Å². The molecular formula is C15H30N2O. The van der Waals surface area contributed by atoms with Crippen LogP contribution in [-0.2, 0) is 4.74 Å². The van der Waals surface area contributed by atoms with E-state index in [-0.39, 0.29) is 0 Å². The van der Waals surface area contributed by atoms with Crippen LogP contribution in [-0.4, -0.2) is 43.3 Å². The van der Waals surface area contributed by atoms with Crippen molar-refractivity contribution >= 4 is 0 Å². The Morgan fingerprint density at radius 3 is 2.72 bits per heavy atom. The van der Waals surface area contributed by atoms with Gasteiger partial charge in [0, 0.05) is 25.7 Å². The molecule has 2 unspecified atom stereocenters. The lowest BCUT2D eigenvalue weighted by atomic mass is 9.97. The minimum atomic E-state index is 0.387. The van der Waals surface area contributed by atoms with Gasteiger partial charge in [-0.1, -0.05) is 19.8 Å². The molecule has 2 fully saturated rings. The Kier molecular flexibility index (Phi) is 5.93. The SMILES string of the molecule is CCCOC1CCCN(CC(N)C2CCCC2)C1. The van der Waals surface area contributed by atoms with Crippen molar-refractivity contribution in [2.75, 3.05) is 26.2 Å². The standard InChI is InChI=1S/C15H30N2O/c1-2-10-18-14-8-5-9-17(11-14)12-15(16)13-6-3-4-7-13/h13-15H,2-12,16H2,1H3. The van der Waals surface area contributed by atoms with Gasteiger partial charge >= 0.3 is 0 Å². The number of nitrogens with two attached hydrogens (primary N) is 1. The van der Waals surface area contributed by atoms with E-state index in [1.165, 1.54) is 45.1 Å². The molecule has 1 aliphatic heterocycles. The second-order valence-corrected chi connectivity index (χ2v) is 6.10. The van der Waals surface area contributed by atoms with Crippen LogP contribution >= 0.6 is 0 Å². The molecule has 18 heavy (non-hydrogen) atoms. The minimum Gasteiger partial charge on any atom is -0.377 e. The van der Waals surface area contributed by atoms with Gasteiger partial charge < -0.3 is 10.5 Å². The van der Waals surface area contributed by atoms with Gasteiger partial charge in [-0.3, -0.25) is 4.90 Å². The maximum absolute atomic E-state index is 6.37. The molecule has 1 aliphatic carbocycles. The van der Waals surface area contributed by atoms with Crippen LogP contribution in [0.15, 0.2) is 0 Å². The van der Waals surface area contributed by atoms with Crippen molar-refractivity contribution in [2.45, 2.75) is 64.0 Å². The number of piperidine rings is 1. The summed E-state index contributed by atoms with van der Waals surface area (Å²) in [5.74, 6) is 0.780. The van der Waals surface area contributed by atoms with Crippen LogP contribution in [0, 0.1) is 5.92 Å². The maximum Gasteiger partial charge on any atom is 0.0702 e. The number of hydrogen-bond donors (Lipinski definition) is 1. The van der Waals surface area contributed by atoms with Gasteiger partial charge in [-0.25, -0.2) is 0 Å². The summed E-state index contributed by atoms with van der Waals surface area (Å²) in [6.07, 6.45) is 9.56. The molecule has 1 saturated carbocycles. The molecule has 0 spiro atoms. The lowest BCUT2D eigenvalue weighted by molar-refractivity contribution is -0.00265. The predicted molar refractivity (Wildman–Crippen MR) is 75.6 cm³/mol. The Balaban J connectivity index is 1.71. The third-order valence-electron chi connectivity index (χ3n) is 4.49. The summed E-state index contributed by atoms with van der Waals surface area (Å²) in [6, 6.07) is 0.387. The molecule has 0 aromatic carbocycles. The first kappa shape index (κ1) is 14.3. The highest BCUT2D eigenvalue weighted by Crippen LogP contribution is 2.27. The summed E-state index contributed by atoms with van der Waals surface area (Å²) in [6.45, 7) is 6.48. The summed E-state index contributed by atoms with van der Waals surface area (Å²) in [7, 11) is 0. The van der Waals surface area contributed by atoms with Crippen molar-refractivity contribution in [1.82, 2.24) is 4.90 Å². The second-order valence-electron chi connectivity index (χ2n) is 6.10. The fraction of sp³-hybridized carbons (Fsp3) is 1.00. The Morgan fingerprint density at radius 2 is 2.00 bits per heavy atom. The van der Waals surface area contributed by atoms with E-state index in [1.807, 2.05) is 0 Å². The largest absolute Gasteiger partial charge is 0.377 e. The van der Waals surface area contributed by atoms with E-state index in [4.69, 9.17) is 10.5 Å². The molecule has 106 valence electrons. The van der Waals surface area contributed by atoms with Gasteiger partial charge in [0.05, 0.1) is 6.10 Å². The Morgan fingerprint density at radius 1 is 1.22 bits per heavy atom. The van der Waals surface area contributed by atoms with Crippen molar-refractivity contribution < 1.29 is 4.74 Å². The van der Waals surface area contributed by atoms with Crippen LogP contribution in [0.5, 0.6) is 0 Å². The molecule has 2 rings (SSSR count). The van der Waals surface area contributed by atoms with Crippen molar-refractivity contribution in [3.8, 4) is 0 Å². The molecule has 3 heteroatoms. The Labute approximate surface area is 112 Å². The lowest BCUT2D eigenvalue weighted by Crippen LogP contribution is -2.47. The fourth-order valence-corrected chi connectivity index (χ4v) is 3.43. The number of ether oxygens (including phenoxy) is 1. The third-order valence-corrected chi connectivity index (χ3v) is 4.49. The quantitative estimate of drug-likeness (QED) is 0.791. The van der Waals surface area contributed by atoms with Gasteiger partial charge in [0.1, 0.15) is 0 Å². The average Bonchev–Trinajstić information content (AvgIpc) is 2.91. The molecule has 2 N–H and O–H groups in total. The van der Waals surface area contributed by atoms with Gasteiger partial charge in [0.2, 0.25) is 0 Å². The summed E-state index contributed by atoms with van der Waals surface area (Å²) in [4.78, 5) is 2.53. The topological polar surface area (TPSA) is 38.5 Å². The first-order chi connectivity index (χ1) is 8.79. The molecule has 0 bridgehead atoms. The molecule has 1 saturated heterocycles. The predicted octanol–water partition coefficient (Wildman–Crippen LogP) is 2.39. The van der Waals surface area contributed by atoms with Crippen molar-refractivity contribution in [3.05, 3.63) is 0 Å². The van der Waals surface area contributed by atoms with Crippen LogP contribution in [0.1, 0.15) is 51.9 Å².